The van der Waals surface area contributed by atoms with Gasteiger partial charge in [0.15, 0.2) is 0 Å². The summed E-state index contributed by atoms with van der Waals surface area (Å²) in [4.78, 5) is 4.37. The molecule has 0 bridgehead atoms. The topological polar surface area (TPSA) is 38.9 Å². The maximum atomic E-state index is 5.75. The van der Waals surface area contributed by atoms with Crippen LogP contribution in [0.4, 0.5) is 0 Å². The number of aryl methyl sites for hydroxylation is 1. The summed E-state index contributed by atoms with van der Waals surface area (Å²) in [7, 11) is 0. The molecule has 0 atom stereocenters. The molecular weight excluding hydrogens is 196 g/mol. The molecule has 2 rings (SSSR count). The molecule has 2 nitrogen and oxygen atoms in total. The fraction of sp³-hybridized carbons (Fsp3) is 0.357. The van der Waals surface area contributed by atoms with E-state index in [4.69, 9.17) is 5.73 Å². The quantitative estimate of drug-likeness (QED) is 0.849. The van der Waals surface area contributed by atoms with E-state index in [1.807, 2.05) is 6.20 Å². The third-order valence-corrected chi connectivity index (χ3v) is 2.95. The third-order valence-electron chi connectivity index (χ3n) is 2.95. The summed E-state index contributed by atoms with van der Waals surface area (Å²) < 4.78 is 0. The second-order valence-corrected chi connectivity index (χ2v) is 4.08. The van der Waals surface area contributed by atoms with Gasteiger partial charge >= 0.3 is 0 Å². The molecular formula is C14H18N2. The zero-order valence-electron chi connectivity index (χ0n) is 9.74. The number of hydrogen-bond acceptors (Lipinski definition) is 2. The predicted molar refractivity (Wildman–Crippen MR) is 68.2 cm³/mol. The van der Waals surface area contributed by atoms with E-state index in [0.29, 0.717) is 6.54 Å². The van der Waals surface area contributed by atoms with Crippen molar-refractivity contribution < 1.29 is 0 Å². The van der Waals surface area contributed by atoms with Gasteiger partial charge in [-0.25, -0.2) is 0 Å². The molecule has 1 aromatic carbocycles. The van der Waals surface area contributed by atoms with Crippen LogP contribution in [0.2, 0.25) is 0 Å². The third kappa shape index (κ3) is 2.07. The Labute approximate surface area is 96.5 Å². The van der Waals surface area contributed by atoms with Gasteiger partial charge in [-0.15, -0.1) is 0 Å². The summed E-state index contributed by atoms with van der Waals surface area (Å²) in [5.74, 6) is 0. The molecule has 2 aromatic rings. The Balaban J connectivity index is 2.54. The van der Waals surface area contributed by atoms with E-state index >= 15 is 0 Å². The molecule has 1 heterocycles. The Morgan fingerprint density at radius 2 is 2.12 bits per heavy atom. The van der Waals surface area contributed by atoms with Crippen molar-refractivity contribution in [3.8, 4) is 0 Å². The van der Waals surface area contributed by atoms with Crippen LogP contribution in [0.3, 0.4) is 0 Å². The fourth-order valence-corrected chi connectivity index (χ4v) is 2.11. The summed E-state index contributed by atoms with van der Waals surface area (Å²) in [6, 6.07) is 8.50. The second kappa shape index (κ2) is 5.08. The van der Waals surface area contributed by atoms with Crippen molar-refractivity contribution in [2.75, 3.05) is 0 Å². The minimum atomic E-state index is 0.514. The van der Waals surface area contributed by atoms with Crippen LogP contribution in [0.15, 0.2) is 30.5 Å². The van der Waals surface area contributed by atoms with E-state index in [2.05, 4.69) is 36.2 Å². The van der Waals surface area contributed by atoms with Crippen molar-refractivity contribution in [1.29, 1.82) is 0 Å². The normalized spacial score (nSPS) is 10.9. The average Bonchev–Trinajstić information content (AvgIpc) is 2.35. The summed E-state index contributed by atoms with van der Waals surface area (Å²) in [6.45, 7) is 2.73. The molecule has 2 N–H and O–H groups in total. The van der Waals surface area contributed by atoms with Crippen molar-refractivity contribution in [1.82, 2.24) is 4.98 Å². The van der Waals surface area contributed by atoms with Gasteiger partial charge in [-0.2, -0.15) is 0 Å². The van der Waals surface area contributed by atoms with Crippen molar-refractivity contribution >= 4 is 10.8 Å². The maximum absolute atomic E-state index is 5.75. The molecule has 0 saturated carbocycles. The van der Waals surface area contributed by atoms with Gasteiger partial charge in [-0.1, -0.05) is 31.5 Å². The lowest BCUT2D eigenvalue weighted by Crippen LogP contribution is -2.02. The zero-order valence-corrected chi connectivity index (χ0v) is 9.74. The van der Waals surface area contributed by atoms with Crippen molar-refractivity contribution in [3.05, 3.63) is 41.7 Å². The lowest BCUT2D eigenvalue weighted by Gasteiger charge is -2.09. The van der Waals surface area contributed by atoms with E-state index in [9.17, 15) is 0 Å². The Morgan fingerprint density at radius 1 is 1.25 bits per heavy atom. The number of aromatic nitrogens is 1. The van der Waals surface area contributed by atoms with Crippen LogP contribution in [-0.4, -0.2) is 4.98 Å². The first-order valence-electron chi connectivity index (χ1n) is 5.92. The first-order valence-corrected chi connectivity index (χ1v) is 5.92. The van der Waals surface area contributed by atoms with Crippen LogP contribution in [-0.2, 0) is 13.0 Å². The Kier molecular flexibility index (Phi) is 3.52. The Hall–Kier alpha value is -1.41. The molecule has 2 heteroatoms. The number of hydrogen-bond donors (Lipinski definition) is 1. The van der Waals surface area contributed by atoms with Crippen molar-refractivity contribution in [2.45, 2.75) is 32.7 Å². The molecule has 0 spiro atoms. The number of benzene rings is 1. The van der Waals surface area contributed by atoms with Gasteiger partial charge in [0.2, 0.25) is 0 Å². The fourth-order valence-electron chi connectivity index (χ4n) is 2.11. The van der Waals surface area contributed by atoms with Gasteiger partial charge in [-0.3, -0.25) is 4.98 Å². The summed E-state index contributed by atoms with van der Waals surface area (Å²) in [5, 5.41) is 2.52. The van der Waals surface area contributed by atoms with Gasteiger partial charge in [-0.05, 0) is 29.9 Å². The number of fused-ring (bicyclic) bond motifs is 1. The molecule has 0 aliphatic heterocycles. The van der Waals surface area contributed by atoms with Gasteiger partial charge < -0.3 is 5.73 Å². The predicted octanol–water partition coefficient (Wildman–Crippen LogP) is 3.04. The smallest absolute Gasteiger partial charge is 0.0620 e. The molecule has 16 heavy (non-hydrogen) atoms. The van der Waals surface area contributed by atoms with Crippen LogP contribution in [0, 0.1) is 0 Å². The highest BCUT2D eigenvalue weighted by atomic mass is 14.7. The molecule has 0 saturated heterocycles. The van der Waals surface area contributed by atoms with E-state index < -0.39 is 0 Å². The monoisotopic (exact) mass is 214 g/mol. The largest absolute Gasteiger partial charge is 0.325 e. The number of nitrogens with zero attached hydrogens (tertiary/aromatic N) is 1. The van der Waals surface area contributed by atoms with E-state index in [1.165, 1.54) is 29.2 Å². The summed E-state index contributed by atoms with van der Waals surface area (Å²) >= 11 is 0. The van der Waals surface area contributed by atoms with Gasteiger partial charge in [0.1, 0.15) is 0 Å². The number of pyridine rings is 1. The van der Waals surface area contributed by atoms with Gasteiger partial charge in [0.25, 0.3) is 0 Å². The van der Waals surface area contributed by atoms with Crippen molar-refractivity contribution in [2.24, 2.45) is 5.73 Å². The van der Waals surface area contributed by atoms with E-state index in [1.54, 1.807) is 0 Å². The molecule has 0 aliphatic rings. The highest BCUT2D eigenvalue weighted by molar-refractivity contribution is 5.87. The van der Waals surface area contributed by atoms with Gasteiger partial charge in [0.05, 0.1) is 5.69 Å². The number of nitrogens with two attached hydrogens (primary N) is 1. The Morgan fingerprint density at radius 3 is 2.88 bits per heavy atom. The molecule has 0 unspecified atom stereocenters. The lowest BCUT2D eigenvalue weighted by molar-refractivity contribution is 0.798. The molecule has 0 amide bonds. The summed E-state index contributed by atoms with van der Waals surface area (Å²) in [5.41, 5.74) is 8.15. The second-order valence-electron chi connectivity index (χ2n) is 4.08. The SMILES string of the molecule is CCCCc1cccc2ccnc(CN)c12. The van der Waals surface area contributed by atoms with Crippen LogP contribution in [0.1, 0.15) is 31.0 Å². The molecule has 0 radical (unpaired) electrons. The van der Waals surface area contributed by atoms with E-state index in [0.717, 1.165) is 12.1 Å². The number of unbranched alkanes of at least 4 members (excludes halogenated alkanes) is 1. The molecule has 0 fully saturated rings. The first kappa shape index (κ1) is 11.1. The van der Waals surface area contributed by atoms with Gasteiger partial charge in [0, 0.05) is 18.1 Å². The standard InChI is InChI=1S/C14H18N2/c1-2-3-5-11-6-4-7-12-8-9-16-13(10-15)14(11)12/h4,6-9H,2-3,5,10,15H2,1H3. The molecule has 84 valence electrons. The van der Waals surface area contributed by atoms with Crippen LogP contribution < -0.4 is 5.73 Å². The zero-order chi connectivity index (χ0) is 11.4. The average molecular weight is 214 g/mol. The highest BCUT2D eigenvalue weighted by Gasteiger charge is 2.05. The Bertz CT molecular complexity index is 472. The van der Waals surface area contributed by atoms with Crippen LogP contribution in [0.25, 0.3) is 10.8 Å². The molecule has 0 aliphatic carbocycles. The van der Waals surface area contributed by atoms with Crippen LogP contribution >= 0.6 is 0 Å². The minimum absolute atomic E-state index is 0.514. The lowest BCUT2D eigenvalue weighted by atomic mass is 9.99. The van der Waals surface area contributed by atoms with Crippen LogP contribution in [0.5, 0.6) is 0 Å². The summed E-state index contributed by atoms with van der Waals surface area (Å²) in [6.07, 6.45) is 5.40. The highest BCUT2D eigenvalue weighted by Crippen LogP contribution is 2.22. The van der Waals surface area contributed by atoms with E-state index in [-0.39, 0.29) is 0 Å². The minimum Gasteiger partial charge on any atom is -0.325 e. The number of rotatable bonds is 4. The first-order chi connectivity index (χ1) is 7.86. The maximum Gasteiger partial charge on any atom is 0.0620 e. The van der Waals surface area contributed by atoms with Crippen molar-refractivity contribution in [3.63, 3.8) is 0 Å². The molecule has 1 aromatic heterocycles.